The first-order chi connectivity index (χ1) is 6.95. The van der Waals surface area contributed by atoms with Crippen molar-refractivity contribution in [1.29, 1.82) is 0 Å². The standard InChI is InChI=1S/C9H15NO5/c1-9(2,5-11)7(13)8(14)10-3-4-15-6-12/h3-4,6-7,11,13H,5H2,1-2H3,(H,10,14)/b4-3+/t7-/m0/s1. The Bertz CT molecular complexity index is 249. The third-order valence-electron chi connectivity index (χ3n) is 1.82. The zero-order valence-electron chi connectivity index (χ0n) is 8.64. The molecule has 0 aromatic heterocycles. The van der Waals surface area contributed by atoms with E-state index in [0.29, 0.717) is 0 Å². The van der Waals surface area contributed by atoms with Crippen LogP contribution >= 0.6 is 0 Å². The number of aliphatic hydroxyl groups is 2. The van der Waals surface area contributed by atoms with E-state index in [2.05, 4.69) is 10.1 Å². The van der Waals surface area contributed by atoms with Crippen LogP contribution < -0.4 is 5.32 Å². The number of hydrogen-bond donors (Lipinski definition) is 3. The van der Waals surface area contributed by atoms with Crippen LogP contribution in [0.4, 0.5) is 0 Å². The largest absolute Gasteiger partial charge is 0.435 e. The zero-order chi connectivity index (χ0) is 11.9. The molecule has 0 aliphatic heterocycles. The molecule has 15 heavy (non-hydrogen) atoms. The highest BCUT2D eigenvalue weighted by molar-refractivity contribution is 5.82. The van der Waals surface area contributed by atoms with Crippen molar-refractivity contribution in [2.45, 2.75) is 20.0 Å². The van der Waals surface area contributed by atoms with Crippen LogP contribution in [0.25, 0.3) is 0 Å². The van der Waals surface area contributed by atoms with Gasteiger partial charge in [-0.25, -0.2) is 0 Å². The molecule has 6 heteroatoms. The minimum Gasteiger partial charge on any atom is -0.435 e. The first-order valence-electron chi connectivity index (χ1n) is 4.29. The second kappa shape index (κ2) is 6.15. The molecule has 0 aliphatic carbocycles. The summed E-state index contributed by atoms with van der Waals surface area (Å²) in [7, 11) is 0. The lowest BCUT2D eigenvalue weighted by atomic mass is 9.87. The molecule has 0 aliphatic rings. The van der Waals surface area contributed by atoms with Crippen molar-refractivity contribution in [3.8, 4) is 0 Å². The number of amides is 1. The maximum atomic E-state index is 11.2. The Balaban J connectivity index is 4.16. The molecule has 0 fully saturated rings. The van der Waals surface area contributed by atoms with E-state index in [4.69, 9.17) is 5.11 Å². The monoisotopic (exact) mass is 217 g/mol. The molecule has 0 spiro atoms. The molecule has 0 saturated carbocycles. The van der Waals surface area contributed by atoms with Crippen LogP contribution in [0.1, 0.15) is 13.8 Å². The number of carbonyl (C=O) groups excluding carboxylic acids is 2. The first kappa shape index (κ1) is 13.6. The van der Waals surface area contributed by atoms with Gasteiger partial charge in [0, 0.05) is 11.6 Å². The molecule has 1 amide bonds. The average molecular weight is 217 g/mol. The summed E-state index contributed by atoms with van der Waals surface area (Å²) in [6.07, 6.45) is 0.695. The van der Waals surface area contributed by atoms with Crippen LogP contribution in [0, 0.1) is 5.41 Å². The Kier molecular flexibility index (Phi) is 5.58. The van der Waals surface area contributed by atoms with Gasteiger partial charge in [-0.3, -0.25) is 9.59 Å². The third-order valence-corrected chi connectivity index (χ3v) is 1.82. The highest BCUT2D eigenvalue weighted by Gasteiger charge is 2.32. The maximum absolute atomic E-state index is 11.2. The maximum Gasteiger partial charge on any atom is 0.297 e. The minimum atomic E-state index is -1.34. The van der Waals surface area contributed by atoms with Crippen molar-refractivity contribution < 1.29 is 24.5 Å². The van der Waals surface area contributed by atoms with E-state index < -0.39 is 17.4 Å². The van der Waals surface area contributed by atoms with Crippen LogP contribution in [0.3, 0.4) is 0 Å². The molecule has 0 radical (unpaired) electrons. The molecule has 0 saturated heterocycles. The molecule has 86 valence electrons. The minimum absolute atomic E-state index is 0.191. The highest BCUT2D eigenvalue weighted by Crippen LogP contribution is 2.19. The average Bonchev–Trinajstić information content (AvgIpc) is 2.23. The molecule has 0 heterocycles. The Labute approximate surface area is 87.5 Å². The van der Waals surface area contributed by atoms with Crippen molar-refractivity contribution in [3.63, 3.8) is 0 Å². The second-order valence-corrected chi connectivity index (χ2v) is 3.59. The molecule has 3 N–H and O–H groups in total. The Morgan fingerprint density at radius 2 is 2.20 bits per heavy atom. The van der Waals surface area contributed by atoms with Gasteiger partial charge in [0.05, 0.1) is 6.61 Å². The molecular weight excluding hydrogens is 202 g/mol. The van der Waals surface area contributed by atoms with E-state index in [0.717, 1.165) is 12.5 Å². The smallest absolute Gasteiger partial charge is 0.297 e. The molecule has 0 aromatic rings. The summed E-state index contributed by atoms with van der Waals surface area (Å²) >= 11 is 0. The summed E-state index contributed by atoms with van der Waals surface area (Å²) < 4.78 is 4.17. The number of aliphatic hydroxyl groups excluding tert-OH is 2. The molecule has 0 aromatic carbocycles. The van der Waals surface area contributed by atoms with Gasteiger partial charge in [-0.05, 0) is 0 Å². The normalized spacial score (nSPS) is 13.6. The summed E-state index contributed by atoms with van der Waals surface area (Å²) in [5.41, 5.74) is -0.927. The van der Waals surface area contributed by atoms with Crippen LogP contribution in [0.2, 0.25) is 0 Å². The van der Waals surface area contributed by atoms with Gasteiger partial charge >= 0.3 is 0 Å². The van der Waals surface area contributed by atoms with E-state index in [-0.39, 0.29) is 13.1 Å². The van der Waals surface area contributed by atoms with E-state index in [1.165, 1.54) is 0 Å². The zero-order valence-corrected chi connectivity index (χ0v) is 8.64. The predicted octanol–water partition coefficient (Wildman–Crippen LogP) is -0.874. The lowest BCUT2D eigenvalue weighted by Crippen LogP contribution is -2.44. The molecule has 1 atom stereocenters. The summed E-state index contributed by atoms with van der Waals surface area (Å²) in [6, 6.07) is 0. The van der Waals surface area contributed by atoms with Crippen molar-refractivity contribution in [3.05, 3.63) is 12.5 Å². The predicted molar refractivity (Wildman–Crippen MR) is 51.3 cm³/mol. The SMILES string of the molecule is CC(C)(CO)[C@@H](O)C(=O)N/C=C/OC=O. The van der Waals surface area contributed by atoms with Crippen LogP contribution in [0.5, 0.6) is 0 Å². The number of carbonyl (C=O) groups is 2. The lowest BCUT2D eigenvalue weighted by molar-refractivity contribution is -0.136. The van der Waals surface area contributed by atoms with Crippen LogP contribution in [-0.2, 0) is 14.3 Å². The topological polar surface area (TPSA) is 95.9 Å². The molecule has 0 unspecified atom stereocenters. The first-order valence-corrected chi connectivity index (χ1v) is 4.29. The fraction of sp³-hybridized carbons (Fsp3) is 0.556. The number of rotatable bonds is 6. The van der Waals surface area contributed by atoms with E-state index in [1.54, 1.807) is 13.8 Å². The van der Waals surface area contributed by atoms with Crippen molar-refractivity contribution in [1.82, 2.24) is 5.32 Å². The Morgan fingerprint density at radius 1 is 1.60 bits per heavy atom. The van der Waals surface area contributed by atoms with E-state index >= 15 is 0 Å². The van der Waals surface area contributed by atoms with Gasteiger partial charge < -0.3 is 20.3 Å². The van der Waals surface area contributed by atoms with Gasteiger partial charge in [-0.15, -0.1) is 0 Å². The van der Waals surface area contributed by atoms with Gasteiger partial charge in [0.15, 0.2) is 0 Å². The fourth-order valence-electron chi connectivity index (χ4n) is 0.708. The van der Waals surface area contributed by atoms with Gasteiger partial charge in [0.2, 0.25) is 0 Å². The van der Waals surface area contributed by atoms with Gasteiger partial charge in [0.1, 0.15) is 12.4 Å². The lowest BCUT2D eigenvalue weighted by Gasteiger charge is -2.26. The molecule has 0 bridgehead atoms. The molecule has 0 rings (SSSR count). The quantitative estimate of drug-likeness (QED) is 0.397. The van der Waals surface area contributed by atoms with Crippen LogP contribution in [-0.4, -0.2) is 35.3 Å². The fourth-order valence-corrected chi connectivity index (χ4v) is 0.708. The Morgan fingerprint density at radius 3 is 2.67 bits per heavy atom. The molecular formula is C9H15NO5. The van der Waals surface area contributed by atoms with Crippen molar-refractivity contribution >= 4 is 12.4 Å². The summed E-state index contributed by atoms with van der Waals surface area (Å²) in [4.78, 5) is 21.0. The number of hydrogen-bond acceptors (Lipinski definition) is 5. The summed E-state index contributed by atoms with van der Waals surface area (Å²) in [6.45, 7) is 2.96. The van der Waals surface area contributed by atoms with Crippen molar-refractivity contribution in [2.24, 2.45) is 5.41 Å². The number of ether oxygens (including phenoxy) is 1. The van der Waals surface area contributed by atoms with Gasteiger partial charge in [-0.2, -0.15) is 0 Å². The second-order valence-electron chi connectivity index (χ2n) is 3.59. The van der Waals surface area contributed by atoms with Gasteiger partial charge in [0.25, 0.3) is 12.4 Å². The van der Waals surface area contributed by atoms with E-state index in [1.807, 2.05) is 0 Å². The summed E-state index contributed by atoms with van der Waals surface area (Å²) in [5, 5.41) is 20.6. The third kappa shape index (κ3) is 4.57. The van der Waals surface area contributed by atoms with Crippen molar-refractivity contribution in [2.75, 3.05) is 6.61 Å². The van der Waals surface area contributed by atoms with E-state index in [9.17, 15) is 14.7 Å². The van der Waals surface area contributed by atoms with Gasteiger partial charge in [-0.1, -0.05) is 13.8 Å². The highest BCUT2D eigenvalue weighted by atomic mass is 16.5. The summed E-state index contributed by atoms with van der Waals surface area (Å²) in [5.74, 6) is -0.681. The Hall–Kier alpha value is -1.40. The molecule has 6 nitrogen and oxygen atoms in total. The number of nitrogens with one attached hydrogen (secondary N) is 1. The van der Waals surface area contributed by atoms with Crippen LogP contribution in [0.15, 0.2) is 12.5 Å².